The predicted octanol–water partition coefficient (Wildman–Crippen LogP) is 3.66. The first-order chi connectivity index (χ1) is 11.7. The average molecular weight is 328 g/mol. The van der Waals surface area contributed by atoms with Gasteiger partial charge in [-0.2, -0.15) is 0 Å². The highest BCUT2D eigenvalue weighted by atomic mass is 16.5. The number of carbonyl (C=O) groups excluding carboxylic acids is 1. The third kappa shape index (κ3) is 4.46. The van der Waals surface area contributed by atoms with Crippen LogP contribution in [-0.2, 0) is 17.9 Å². The number of hydrogen-bond acceptors (Lipinski definition) is 4. The fourth-order valence-electron chi connectivity index (χ4n) is 3.04. The molecule has 1 saturated heterocycles. The number of amides is 1. The number of methoxy groups -OCH3 is 1. The molecule has 3 rings (SSSR count). The third-order valence-electron chi connectivity index (χ3n) is 4.21. The molecule has 1 amide bonds. The lowest BCUT2D eigenvalue weighted by molar-refractivity contribution is 0.0987. The molecule has 1 aromatic carbocycles. The number of benzene rings is 1. The maximum atomic E-state index is 12.3. The Labute approximate surface area is 142 Å². The second kappa shape index (κ2) is 8.13. The summed E-state index contributed by atoms with van der Waals surface area (Å²) in [6.07, 6.45) is 3.89. The zero-order valence-electron chi connectivity index (χ0n) is 14.1. The molecule has 2 heterocycles. The number of furan rings is 1. The van der Waals surface area contributed by atoms with Crippen LogP contribution in [-0.4, -0.2) is 31.0 Å². The summed E-state index contributed by atoms with van der Waals surface area (Å²) in [5, 5.41) is 2.90. The molecule has 0 saturated carbocycles. The fourth-order valence-corrected chi connectivity index (χ4v) is 3.04. The summed E-state index contributed by atoms with van der Waals surface area (Å²) in [4.78, 5) is 14.7. The van der Waals surface area contributed by atoms with E-state index < -0.39 is 0 Å². The van der Waals surface area contributed by atoms with Gasteiger partial charge in [0.15, 0.2) is 5.76 Å². The molecule has 1 aromatic heterocycles. The van der Waals surface area contributed by atoms with Gasteiger partial charge in [0, 0.05) is 19.3 Å². The molecule has 2 aromatic rings. The number of piperidine rings is 1. The highest BCUT2D eigenvalue weighted by Gasteiger charge is 2.13. The van der Waals surface area contributed by atoms with Crippen molar-refractivity contribution in [1.29, 1.82) is 0 Å². The smallest absolute Gasteiger partial charge is 0.291 e. The Morgan fingerprint density at radius 3 is 2.83 bits per heavy atom. The molecular weight excluding hydrogens is 304 g/mol. The van der Waals surface area contributed by atoms with Crippen molar-refractivity contribution in [3.8, 4) is 0 Å². The van der Waals surface area contributed by atoms with E-state index >= 15 is 0 Å². The van der Waals surface area contributed by atoms with Gasteiger partial charge in [0.05, 0.1) is 0 Å². The minimum atomic E-state index is -0.243. The normalized spacial score (nSPS) is 15.4. The molecule has 128 valence electrons. The van der Waals surface area contributed by atoms with E-state index in [-0.39, 0.29) is 5.91 Å². The van der Waals surface area contributed by atoms with Gasteiger partial charge in [-0.05, 0) is 55.8 Å². The van der Waals surface area contributed by atoms with Crippen molar-refractivity contribution >= 4 is 11.6 Å². The monoisotopic (exact) mass is 328 g/mol. The molecule has 0 unspecified atom stereocenters. The van der Waals surface area contributed by atoms with Gasteiger partial charge in [-0.1, -0.05) is 18.6 Å². The molecule has 24 heavy (non-hydrogen) atoms. The minimum Gasteiger partial charge on any atom is -0.453 e. The van der Waals surface area contributed by atoms with Crippen molar-refractivity contribution < 1.29 is 13.9 Å². The van der Waals surface area contributed by atoms with Crippen LogP contribution in [0.2, 0.25) is 0 Å². The van der Waals surface area contributed by atoms with Crippen LogP contribution in [0.3, 0.4) is 0 Å². The summed E-state index contributed by atoms with van der Waals surface area (Å²) in [7, 11) is 1.59. The highest BCUT2D eigenvalue weighted by Crippen LogP contribution is 2.17. The van der Waals surface area contributed by atoms with Crippen LogP contribution in [0.25, 0.3) is 0 Å². The Bertz CT molecular complexity index is 675. The van der Waals surface area contributed by atoms with E-state index in [1.165, 1.54) is 24.8 Å². The number of carbonyl (C=O) groups is 1. The second-order valence-electron chi connectivity index (χ2n) is 6.19. The molecule has 1 aliphatic heterocycles. The van der Waals surface area contributed by atoms with Gasteiger partial charge < -0.3 is 14.5 Å². The Kier molecular flexibility index (Phi) is 5.67. The van der Waals surface area contributed by atoms with E-state index in [2.05, 4.69) is 16.3 Å². The standard InChI is InChI=1S/C19H24N2O3/c1-23-14-17-8-9-18(24-17)19(22)20-16-7-5-6-15(12-16)13-21-10-3-2-4-11-21/h5-9,12H,2-4,10-11,13-14H2,1H3,(H,20,22). The molecular formula is C19H24N2O3. The van der Waals surface area contributed by atoms with Crippen LogP contribution in [0.1, 0.15) is 41.1 Å². The molecule has 1 N–H and O–H groups in total. The quantitative estimate of drug-likeness (QED) is 0.879. The lowest BCUT2D eigenvalue weighted by Crippen LogP contribution is -2.29. The first-order valence-electron chi connectivity index (χ1n) is 8.45. The number of anilines is 1. The molecule has 0 atom stereocenters. The zero-order valence-corrected chi connectivity index (χ0v) is 14.1. The van der Waals surface area contributed by atoms with E-state index in [0.29, 0.717) is 18.1 Å². The van der Waals surface area contributed by atoms with Crippen LogP contribution in [0.4, 0.5) is 5.69 Å². The summed E-state index contributed by atoms with van der Waals surface area (Å²) in [6.45, 7) is 3.61. The van der Waals surface area contributed by atoms with Gasteiger partial charge in [-0.15, -0.1) is 0 Å². The molecule has 0 aliphatic carbocycles. The van der Waals surface area contributed by atoms with E-state index in [9.17, 15) is 4.79 Å². The Balaban J connectivity index is 1.61. The summed E-state index contributed by atoms with van der Waals surface area (Å²) < 4.78 is 10.5. The van der Waals surface area contributed by atoms with E-state index in [0.717, 1.165) is 25.3 Å². The molecule has 0 radical (unpaired) electrons. The predicted molar refractivity (Wildman–Crippen MR) is 92.9 cm³/mol. The SMILES string of the molecule is COCc1ccc(C(=O)Nc2cccc(CN3CCCCC3)c2)o1. The number of rotatable bonds is 6. The number of nitrogens with one attached hydrogen (secondary N) is 1. The van der Waals surface area contributed by atoms with E-state index in [1.807, 2.05) is 18.2 Å². The van der Waals surface area contributed by atoms with Crippen molar-refractivity contribution in [2.45, 2.75) is 32.4 Å². The third-order valence-corrected chi connectivity index (χ3v) is 4.21. The number of nitrogens with zero attached hydrogens (tertiary/aromatic N) is 1. The van der Waals surface area contributed by atoms with E-state index in [1.54, 1.807) is 19.2 Å². The molecule has 1 aliphatic rings. The van der Waals surface area contributed by atoms with Crippen LogP contribution in [0.5, 0.6) is 0 Å². The topological polar surface area (TPSA) is 54.7 Å². The second-order valence-corrected chi connectivity index (χ2v) is 6.19. The fraction of sp³-hybridized carbons (Fsp3) is 0.421. The van der Waals surface area contributed by atoms with Crippen LogP contribution >= 0.6 is 0 Å². The van der Waals surface area contributed by atoms with Crippen molar-refractivity contribution in [2.24, 2.45) is 0 Å². The average Bonchev–Trinajstić information content (AvgIpc) is 3.05. The summed E-state index contributed by atoms with van der Waals surface area (Å²) in [5.41, 5.74) is 2.01. The molecule has 5 heteroatoms. The van der Waals surface area contributed by atoms with Crippen molar-refractivity contribution in [1.82, 2.24) is 4.90 Å². The first kappa shape index (κ1) is 16.7. The van der Waals surface area contributed by atoms with Crippen molar-refractivity contribution in [3.05, 3.63) is 53.5 Å². The Morgan fingerprint density at radius 2 is 2.04 bits per heavy atom. The molecule has 0 spiro atoms. The van der Waals surface area contributed by atoms with Crippen molar-refractivity contribution in [3.63, 3.8) is 0 Å². The molecule has 1 fully saturated rings. The summed E-state index contributed by atoms with van der Waals surface area (Å²) in [6, 6.07) is 11.4. The van der Waals surface area contributed by atoms with Gasteiger partial charge >= 0.3 is 0 Å². The first-order valence-corrected chi connectivity index (χ1v) is 8.45. The van der Waals surface area contributed by atoms with Crippen LogP contribution < -0.4 is 5.32 Å². The maximum Gasteiger partial charge on any atom is 0.291 e. The van der Waals surface area contributed by atoms with Crippen molar-refractivity contribution in [2.75, 3.05) is 25.5 Å². The molecule has 0 bridgehead atoms. The van der Waals surface area contributed by atoms with Crippen LogP contribution in [0, 0.1) is 0 Å². The summed E-state index contributed by atoms with van der Waals surface area (Å²) in [5.74, 6) is 0.692. The highest BCUT2D eigenvalue weighted by molar-refractivity contribution is 6.02. The molecule has 5 nitrogen and oxygen atoms in total. The number of likely N-dealkylation sites (tertiary alicyclic amines) is 1. The number of hydrogen-bond donors (Lipinski definition) is 1. The lowest BCUT2D eigenvalue weighted by Gasteiger charge is -2.26. The van der Waals surface area contributed by atoms with Gasteiger partial charge in [0.1, 0.15) is 12.4 Å². The largest absolute Gasteiger partial charge is 0.453 e. The van der Waals surface area contributed by atoms with Gasteiger partial charge in [-0.3, -0.25) is 9.69 Å². The summed E-state index contributed by atoms with van der Waals surface area (Å²) >= 11 is 0. The Morgan fingerprint density at radius 1 is 1.21 bits per heavy atom. The zero-order chi connectivity index (χ0) is 16.8. The van der Waals surface area contributed by atoms with E-state index in [4.69, 9.17) is 9.15 Å². The maximum absolute atomic E-state index is 12.3. The van der Waals surface area contributed by atoms with Crippen LogP contribution in [0.15, 0.2) is 40.8 Å². The lowest BCUT2D eigenvalue weighted by atomic mass is 10.1. The number of ether oxygens (including phenoxy) is 1. The van der Waals surface area contributed by atoms with Gasteiger partial charge in [0.25, 0.3) is 5.91 Å². The minimum absolute atomic E-state index is 0.243. The Hall–Kier alpha value is -2.11. The van der Waals surface area contributed by atoms with Gasteiger partial charge in [-0.25, -0.2) is 0 Å². The van der Waals surface area contributed by atoms with Gasteiger partial charge in [0.2, 0.25) is 0 Å².